The van der Waals surface area contributed by atoms with Gasteiger partial charge in [0.15, 0.2) is 5.75 Å². The van der Waals surface area contributed by atoms with E-state index in [-0.39, 0.29) is 15.8 Å². The lowest BCUT2D eigenvalue weighted by Gasteiger charge is -2.35. The maximum atomic E-state index is 12.3. The molecule has 24 heavy (non-hydrogen) atoms. The fourth-order valence-corrected chi connectivity index (χ4v) is 3.46. The molecule has 1 aliphatic rings. The molecular formula is C17H15Cl3N2O2. The number of anilines is 1. The first kappa shape index (κ1) is 17.2. The van der Waals surface area contributed by atoms with Crippen LogP contribution in [0.2, 0.25) is 15.1 Å². The van der Waals surface area contributed by atoms with E-state index in [1.54, 1.807) is 4.90 Å². The van der Waals surface area contributed by atoms with Crippen LogP contribution in [0.25, 0.3) is 0 Å². The zero-order valence-corrected chi connectivity index (χ0v) is 15.0. The van der Waals surface area contributed by atoms with E-state index in [0.717, 1.165) is 18.8 Å². The quantitative estimate of drug-likeness (QED) is 0.732. The molecule has 1 fully saturated rings. The van der Waals surface area contributed by atoms with Gasteiger partial charge in [-0.15, -0.1) is 0 Å². The van der Waals surface area contributed by atoms with Gasteiger partial charge in [0.05, 0.1) is 10.0 Å². The molecule has 0 unspecified atom stereocenters. The highest BCUT2D eigenvalue weighted by Gasteiger charge is 2.24. The van der Waals surface area contributed by atoms with E-state index < -0.39 is 6.09 Å². The van der Waals surface area contributed by atoms with Crippen molar-refractivity contribution in [2.45, 2.75) is 0 Å². The van der Waals surface area contributed by atoms with Gasteiger partial charge in [0.1, 0.15) is 0 Å². The van der Waals surface area contributed by atoms with Crippen molar-refractivity contribution in [2.24, 2.45) is 0 Å². The molecule has 2 aromatic carbocycles. The summed E-state index contributed by atoms with van der Waals surface area (Å²) in [5.41, 5.74) is 1.15. The monoisotopic (exact) mass is 384 g/mol. The van der Waals surface area contributed by atoms with E-state index in [2.05, 4.69) is 17.0 Å². The van der Waals surface area contributed by atoms with Crippen LogP contribution in [0.3, 0.4) is 0 Å². The number of hydrogen-bond donors (Lipinski definition) is 0. The van der Waals surface area contributed by atoms with Crippen LogP contribution >= 0.6 is 34.8 Å². The Morgan fingerprint density at radius 2 is 1.50 bits per heavy atom. The maximum Gasteiger partial charge on any atom is 0.415 e. The summed E-state index contributed by atoms with van der Waals surface area (Å²) in [5, 5.41) is 0.814. The molecule has 0 saturated carbocycles. The molecule has 0 bridgehead atoms. The molecule has 126 valence electrons. The number of carbonyl (C=O) groups is 1. The molecular weight excluding hydrogens is 371 g/mol. The Morgan fingerprint density at radius 1 is 0.917 bits per heavy atom. The standard InChI is InChI=1S/C17H15Cl3N2O2/c18-12-10-14(19)16(15(20)11-12)24-17(23)22-8-6-21(7-9-22)13-4-2-1-3-5-13/h1-5,10-11H,6-9H2. The number of amides is 1. The van der Waals surface area contributed by atoms with Crippen LogP contribution in [0.1, 0.15) is 0 Å². The third-order valence-electron chi connectivity index (χ3n) is 3.81. The molecule has 3 rings (SSSR count). The summed E-state index contributed by atoms with van der Waals surface area (Å²) in [6, 6.07) is 13.1. The number of para-hydroxylation sites is 1. The fourth-order valence-electron chi connectivity index (χ4n) is 2.56. The van der Waals surface area contributed by atoms with Crippen LogP contribution < -0.4 is 9.64 Å². The van der Waals surface area contributed by atoms with Gasteiger partial charge in [0.25, 0.3) is 0 Å². The van der Waals surface area contributed by atoms with Crippen LogP contribution in [-0.2, 0) is 0 Å². The number of piperazine rings is 1. The minimum absolute atomic E-state index is 0.137. The number of carbonyl (C=O) groups excluding carboxylic acids is 1. The summed E-state index contributed by atoms with van der Waals surface area (Å²) < 4.78 is 5.36. The number of rotatable bonds is 2. The number of ether oxygens (including phenoxy) is 1. The van der Waals surface area contributed by atoms with E-state index in [0.29, 0.717) is 18.1 Å². The molecule has 0 aliphatic carbocycles. The van der Waals surface area contributed by atoms with Gasteiger partial charge >= 0.3 is 6.09 Å². The maximum absolute atomic E-state index is 12.3. The largest absolute Gasteiger partial charge is 0.415 e. The summed E-state index contributed by atoms with van der Waals surface area (Å²) in [4.78, 5) is 16.2. The summed E-state index contributed by atoms with van der Waals surface area (Å²) in [5.74, 6) is 0.137. The van der Waals surface area contributed by atoms with Gasteiger partial charge in [0.2, 0.25) is 0 Å². The van der Waals surface area contributed by atoms with E-state index in [1.165, 1.54) is 12.1 Å². The van der Waals surface area contributed by atoms with E-state index in [4.69, 9.17) is 39.5 Å². The lowest BCUT2D eigenvalue weighted by Crippen LogP contribution is -2.49. The molecule has 1 heterocycles. The molecule has 1 saturated heterocycles. The third-order valence-corrected chi connectivity index (χ3v) is 4.59. The Bertz CT molecular complexity index is 709. The molecule has 0 spiro atoms. The topological polar surface area (TPSA) is 32.8 Å². The van der Waals surface area contributed by atoms with Crippen molar-refractivity contribution >= 4 is 46.6 Å². The Morgan fingerprint density at radius 3 is 2.08 bits per heavy atom. The van der Waals surface area contributed by atoms with Crippen LogP contribution in [-0.4, -0.2) is 37.2 Å². The van der Waals surface area contributed by atoms with Gasteiger partial charge in [-0.25, -0.2) is 4.79 Å². The van der Waals surface area contributed by atoms with Gasteiger partial charge in [-0.3, -0.25) is 0 Å². The zero-order valence-electron chi connectivity index (χ0n) is 12.7. The Balaban J connectivity index is 1.62. The first-order chi connectivity index (χ1) is 11.5. The second-order valence-electron chi connectivity index (χ2n) is 5.38. The summed E-state index contributed by atoms with van der Waals surface area (Å²) >= 11 is 18.0. The molecule has 7 heteroatoms. The van der Waals surface area contributed by atoms with Gasteiger partial charge < -0.3 is 14.5 Å². The third kappa shape index (κ3) is 3.89. The van der Waals surface area contributed by atoms with E-state index in [1.807, 2.05) is 18.2 Å². The highest BCUT2D eigenvalue weighted by Crippen LogP contribution is 2.36. The fraction of sp³-hybridized carbons (Fsp3) is 0.235. The molecule has 2 aromatic rings. The highest BCUT2D eigenvalue weighted by molar-refractivity contribution is 6.40. The van der Waals surface area contributed by atoms with Crippen molar-refractivity contribution in [3.8, 4) is 5.75 Å². The number of nitrogens with zero attached hydrogens (tertiary/aromatic N) is 2. The Kier molecular flexibility index (Phi) is 5.39. The van der Waals surface area contributed by atoms with Crippen molar-refractivity contribution in [3.05, 3.63) is 57.5 Å². The van der Waals surface area contributed by atoms with Crippen molar-refractivity contribution in [1.29, 1.82) is 0 Å². The first-order valence-corrected chi connectivity index (χ1v) is 8.59. The van der Waals surface area contributed by atoms with Crippen molar-refractivity contribution < 1.29 is 9.53 Å². The molecule has 1 aliphatic heterocycles. The summed E-state index contributed by atoms with van der Waals surface area (Å²) in [6.45, 7) is 2.61. The number of halogens is 3. The molecule has 0 aromatic heterocycles. The molecule has 4 nitrogen and oxygen atoms in total. The van der Waals surface area contributed by atoms with Crippen molar-refractivity contribution in [1.82, 2.24) is 4.90 Å². The average molecular weight is 386 g/mol. The minimum Gasteiger partial charge on any atom is -0.407 e. The smallest absolute Gasteiger partial charge is 0.407 e. The molecule has 1 amide bonds. The second-order valence-corrected chi connectivity index (χ2v) is 6.63. The predicted octanol–water partition coefficient (Wildman–Crippen LogP) is 4.97. The molecule has 0 radical (unpaired) electrons. The highest BCUT2D eigenvalue weighted by atomic mass is 35.5. The van der Waals surface area contributed by atoms with Crippen molar-refractivity contribution in [2.75, 3.05) is 31.1 Å². The average Bonchev–Trinajstić information content (AvgIpc) is 2.59. The Labute approximate surface area is 155 Å². The zero-order chi connectivity index (χ0) is 17.1. The van der Waals surface area contributed by atoms with Crippen LogP contribution in [0.15, 0.2) is 42.5 Å². The van der Waals surface area contributed by atoms with E-state index in [9.17, 15) is 4.79 Å². The van der Waals surface area contributed by atoms with Crippen LogP contribution in [0.4, 0.5) is 10.5 Å². The van der Waals surface area contributed by atoms with Crippen LogP contribution in [0, 0.1) is 0 Å². The minimum atomic E-state index is -0.464. The van der Waals surface area contributed by atoms with Crippen LogP contribution in [0.5, 0.6) is 5.75 Å². The lowest BCUT2D eigenvalue weighted by atomic mass is 10.2. The van der Waals surface area contributed by atoms with Gasteiger partial charge in [-0.05, 0) is 24.3 Å². The lowest BCUT2D eigenvalue weighted by molar-refractivity contribution is 0.149. The van der Waals surface area contributed by atoms with Gasteiger partial charge in [-0.2, -0.15) is 0 Å². The number of hydrogen-bond acceptors (Lipinski definition) is 3. The second kappa shape index (κ2) is 7.51. The van der Waals surface area contributed by atoms with Gasteiger partial charge in [0, 0.05) is 36.9 Å². The van der Waals surface area contributed by atoms with E-state index >= 15 is 0 Å². The Hall–Kier alpha value is -1.62. The number of benzene rings is 2. The van der Waals surface area contributed by atoms with Gasteiger partial charge in [-0.1, -0.05) is 53.0 Å². The normalized spacial score (nSPS) is 14.6. The predicted molar refractivity (Wildman–Crippen MR) is 97.7 cm³/mol. The molecule has 0 N–H and O–H groups in total. The first-order valence-electron chi connectivity index (χ1n) is 7.46. The SMILES string of the molecule is O=C(Oc1c(Cl)cc(Cl)cc1Cl)N1CCN(c2ccccc2)CC1. The summed E-state index contributed by atoms with van der Waals surface area (Å²) in [6.07, 6.45) is -0.464. The van der Waals surface area contributed by atoms with Crippen molar-refractivity contribution in [3.63, 3.8) is 0 Å². The molecule has 0 atom stereocenters. The summed E-state index contributed by atoms with van der Waals surface area (Å²) in [7, 11) is 0.